The summed E-state index contributed by atoms with van der Waals surface area (Å²) in [5.41, 5.74) is 6.80. The van der Waals surface area contributed by atoms with Crippen LogP contribution < -0.4 is 11.1 Å². The molecule has 1 amide bonds. The fourth-order valence-corrected chi connectivity index (χ4v) is 3.47. The molecule has 0 spiro atoms. The van der Waals surface area contributed by atoms with Gasteiger partial charge < -0.3 is 11.1 Å². The van der Waals surface area contributed by atoms with E-state index in [4.69, 9.17) is 5.73 Å². The summed E-state index contributed by atoms with van der Waals surface area (Å²) in [5, 5.41) is 5.48. The highest BCUT2D eigenvalue weighted by atomic mass is 32.1. The van der Waals surface area contributed by atoms with Crippen molar-refractivity contribution in [3.05, 3.63) is 11.1 Å². The summed E-state index contributed by atoms with van der Waals surface area (Å²) in [6.07, 6.45) is 3.47. The summed E-state index contributed by atoms with van der Waals surface area (Å²) >= 11 is 1.46. The second kappa shape index (κ2) is 7.15. The van der Waals surface area contributed by atoms with Gasteiger partial charge in [-0.2, -0.15) is 0 Å². The second-order valence-corrected chi connectivity index (χ2v) is 6.36. The monoisotopic (exact) mass is 296 g/mol. The molecule has 0 aromatic carbocycles. The molecule has 1 fully saturated rings. The van der Waals surface area contributed by atoms with Crippen LogP contribution in [0.2, 0.25) is 0 Å². The van der Waals surface area contributed by atoms with E-state index in [9.17, 15) is 4.79 Å². The number of carbonyl (C=O) groups excluding carboxylic acids is 1. The molecule has 1 aliphatic rings. The average molecular weight is 296 g/mol. The molecule has 1 aromatic rings. The maximum atomic E-state index is 12.1. The number of nitrogens with two attached hydrogens (primary N) is 1. The third kappa shape index (κ3) is 4.01. The summed E-state index contributed by atoms with van der Waals surface area (Å²) in [4.78, 5) is 18.5. The topological polar surface area (TPSA) is 71.2 Å². The number of aryl methyl sites for hydroxylation is 1. The van der Waals surface area contributed by atoms with E-state index >= 15 is 0 Å². The molecule has 20 heavy (non-hydrogen) atoms. The van der Waals surface area contributed by atoms with Crippen molar-refractivity contribution in [2.75, 3.05) is 25.0 Å². The SMILES string of the molecule is CCC1CCN(CC(=O)Nc2nc(C)cs2)C(CN)C1. The van der Waals surface area contributed by atoms with Gasteiger partial charge in [-0.25, -0.2) is 4.98 Å². The predicted octanol–water partition coefficient (Wildman–Crippen LogP) is 1.84. The first-order valence-electron chi connectivity index (χ1n) is 7.28. The lowest BCUT2D eigenvalue weighted by Crippen LogP contribution is -2.49. The van der Waals surface area contributed by atoms with Gasteiger partial charge in [-0.15, -0.1) is 11.3 Å². The van der Waals surface area contributed by atoms with Crippen molar-refractivity contribution in [1.82, 2.24) is 9.88 Å². The fraction of sp³-hybridized carbons (Fsp3) is 0.714. The van der Waals surface area contributed by atoms with Crippen molar-refractivity contribution < 1.29 is 4.79 Å². The van der Waals surface area contributed by atoms with E-state index < -0.39 is 0 Å². The normalized spacial score (nSPS) is 23.8. The maximum absolute atomic E-state index is 12.1. The zero-order valence-corrected chi connectivity index (χ0v) is 13.1. The minimum absolute atomic E-state index is 0.00717. The summed E-state index contributed by atoms with van der Waals surface area (Å²) in [7, 11) is 0. The Labute approximate surface area is 124 Å². The first kappa shape index (κ1) is 15.4. The molecular weight excluding hydrogens is 272 g/mol. The zero-order chi connectivity index (χ0) is 14.5. The van der Waals surface area contributed by atoms with Gasteiger partial charge in [-0.1, -0.05) is 13.3 Å². The molecule has 1 aliphatic heterocycles. The van der Waals surface area contributed by atoms with Crippen LogP contribution in [0, 0.1) is 12.8 Å². The molecule has 112 valence electrons. The summed E-state index contributed by atoms with van der Waals surface area (Å²) in [6, 6.07) is 0.331. The number of likely N-dealkylation sites (tertiary alicyclic amines) is 1. The van der Waals surface area contributed by atoms with Gasteiger partial charge in [0.25, 0.3) is 0 Å². The number of amides is 1. The predicted molar refractivity (Wildman–Crippen MR) is 82.9 cm³/mol. The van der Waals surface area contributed by atoms with Gasteiger partial charge in [-0.3, -0.25) is 9.69 Å². The molecule has 2 heterocycles. The number of aromatic nitrogens is 1. The van der Waals surface area contributed by atoms with Crippen molar-refractivity contribution >= 4 is 22.4 Å². The molecule has 5 nitrogen and oxygen atoms in total. The molecule has 0 saturated carbocycles. The average Bonchev–Trinajstić information content (AvgIpc) is 2.84. The first-order chi connectivity index (χ1) is 9.62. The number of rotatable bonds is 5. The molecule has 0 bridgehead atoms. The first-order valence-corrected chi connectivity index (χ1v) is 8.16. The number of thiazole rings is 1. The number of piperidine rings is 1. The van der Waals surface area contributed by atoms with Gasteiger partial charge in [0.2, 0.25) is 5.91 Å². The van der Waals surface area contributed by atoms with E-state index in [-0.39, 0.29) is 5.91 Å². The molecule has 3 N–H and O–H groups in total. The molecule has 2 unspecified atom stereocenters. The van der Waals surface area contributed by atoms with Gasteiger partial charge in [0.15, 0.2) is 5.13 Å². The van der Waals surface area contributed by atoms with Crippen LogP contribution in [0.25, 0.3) is 0 Å². The van der Waals surface area contributed by atoms with Crippen LogP contribution in [0.15, 0.2) is 5.38 Å². The molecule has 0 aliphatic carbocycles. The van der Waals surface area contributed by atoms with E-state index in [1.54, 1.807) is 0 Å². The van der Waals surface area contributed by atoms with Crippen molar-refractivity contribution in [2.24, 2.45) is 11.7 Å². The third-order valence-electron chi connectivity index (χ3n) is 4.01. The van der Waals surface area contributed by atoms with Crippen LogP contribution in [0.1, 0.15) is 31.9 Å². The van der Waals surface area contributed by atoms with Crippen LogP contribution >= 0.6 is 11.3 Å². The molecular formula is C14H24N4OS. The van der Waals surface area contributed by atoms with Crippen LogP contribution in [-0.2, 0) is 4.79 Å². The number of hydrogen-bond donors (Lipinski definition) is 2. The maximum Gasteiger partial charge on any atom is 0.240 e. The molecule has 1 saturated heterocycles. The van der Waals surface area contributed by atoms with Crippen molar-refractivity contribution in [1.29, 1.82) is 0 Å². The summed E-state index contributed by atoms with van der Waals surface area (Å²) < 4.78 is 0. The minimum atomic E-state index is 0.00717. The fourth-order valence-electron chi connectivity index (χ4n) is 2.76. The largest absolute Gasteiger partial charge is 0.329 e. The summed E-state index contributed by atoms with van der Waals surface area (Å²) in [6.45, 7) is 6.15. The lowest BCUT2D eigenvalue weighted by Gasteiger charge is -2.38. The standard InChI is InChI=1S/C14H24N4OS/c1-3-11-4-5-18(12(6-11)7-15)8-13(19)17-14-16-10(2)9-20-14/h9,11-12H,3-8,15H2,1-2H3,(H,16,17,19). The Kier molecular flexibility index (Phi) is 5.51. The van der Waals surface area contributed by atoms with E-state index in [0.29, 0.717) is 24.3 Å². The van der Waals surface area contributed by atoms with Crippen LogP contribution in [0.5, 0.6) is 0 Å². The number of carbonyl (C=O) groups is 1. The Hall–Kier alpha value is -0.980. The molecule has 1 aromatic heterocycles. The zero-order valence-electron chi connectivity index (χ0n) is 12.3. The van der Waals surface area contributed by atoms with Crippen molar-refractivity contribution in [3.63, 3.8) is 0 Å². The Morgan fingerprint density at radius 3 is 3.05 bits per heavy atom. The lowest BCUT2D eigenvalue weighted by molar-refractivity contribution is -0.118. The van der Waals surface area contributed by atoms with Gasteiger partial charge in [0.1, 0.15) is 0 Å². The highest BCUT2D eigenvalue weighted by Gasteiger charge is 2.27. The number of hydrogen-bond acceptors (Lipinski definition) is 5. The quantitative estimate of drug-likeness (QED) is 0.870. The van der Waals surface area contributed by atoms with Gasteiger partial charge >= 0.3 is 0 Å². The Bertz CT molecular complexity index is 448. The molecule has 6 heteroatoms. The van der Waals surface area contributed by atoms with Gasteiger partial charge in [0.05, 0.1) is 12.2 Å². The summed E-state index contributed by atoms with van der Waals surface area (Å²) in [5.74, 6) is 0.761. The van der Waals surface area contributed by atoms with E-state index in [0.717, 1.165) is 31.0 Å². The number of anilines is 1. The molecule has 0 radical (unpaired) electrons. The Morgan fingerprint density at radius 2 is 2.45 bits per heavy atom. The Morgan fingerprint density at radius 1 is 1.65 bits per heavy atom. The van der Waals surface area contributed by atoms with Crippen molar-refractivity contribution in [3.8, 4) is 0 Å². The van der Waals surface area contributed by atoms with Gasteiger partial charge in [-0.05, 0) is 32.2 Å². The minimum Gasteiger partial charge on any atom is -0.329 e. The van der Waals surface area contributed by atoms with E-state index in [1.165, 1.54) is 17.8 Å². The van der Waals surface area contributed by atoms with Crippen molar-refractivity contribution in [2.45, 2.75) is 39.2 Å². The third-order valence-corrected chi connectivity index (χ3v) is 4.88. The molecule has 2 atom stereocenters. The number of nitrogens with zero attached hydrogens (tertiary/aromatic N) is 2. The number of nitrogens with one attached hydrogen (secondary N) is 1. The highest BCUT2D eigenvalue weighted by molar-refractivity contribution is 7.13. The van der Waals surface area contributed by atoms with Crippen LogP contribution in [0.3, 0.4) is 0 Å². The smallest absolute Gasteiger partial charge is 0.240 e. The lowest BCUT2D eigenvalue weighted by atomic mass is 9.89. The van der Waals surface area contributed by atoms with E-state index in [1.807, 2.05) is 12.3 Å². The van der Waals surface area contributed by atoms with E-state index in [2.05, 4.69) is 22.1 Å². The van der Waals surface area contributed by atoms with Crippen LogP contribution in [0.4, 0.5) is 5.13 Å². The Balaban J connectivity index is 1.86. The van der Waals surface area contributed by atoms with Crippen LogP contribution in [-0.4, -0.2) is 41.5 Å². The highest BCUT2D eigenvalue weighted by Crippen LogP contribution is 2.24. The van der Waals surface area contributed by atoms with Gasteiger partial charge in [0, 0.05) is 18.0 Å². The molecule has 2 rings (SSSR count). The second-order valence-electron chi connectivity index (χ2n) is 5.50.